The van der Waals surface area contributed by atoms with Crippen LogP contribution < -0.4 is 16.0 Å². The number of hydrogen-bond donors (Lipinski definition) is 2. The first-order valence-corrected chi connectivity index (χ1v) is 6.40. The molecule has 1 heterocycles. The molecular formula is C12H18F3N5O. The second kappa shape index (κ2) is 6.59. The van der Waals surface area contributed by atoms with Gasteiger partial charge in [0.1, 0.15) is 11.6 Å². The highest BCUT2D eigenvalue weighted by Gasteiger charge is 2.36. The SMILES string of the molecule is CCNc1cc(N(CC(N)=O)C(C)C)nc(C(F)(F)F)n1. The molecule has 0 aliphatic carbocycles. The number of nitrogens with zero attached hydrogens (tertiary/aromatic N) is 3. The first kappa shape index (κ1) is 17.0. The van der Waals surface area contributed by atoms with Gasteiger partial charge in [0, 0.05) is 18.7 Å². The van der Waals surface area contributed by atoms with Crippen LogP contribution in [-0.4, -0.2) is 35.0 Å². The van der Waals surface area contributed by atoms with Gasteiger partial charge in [0.05, 0.1) is 6.54 Å². The lowest BCUT2D eigenvalue weighted by Gasteiger charge is -2.27. The molecule has 3 N–H and O–H groups in total. The Morgan fingerprint density at radius 1 is 1.43 bits per heavy atom. The number of hydrogen-bond acceptors (Lipinski definition) is 5. The molecular weight excluding hydrogens is 287 g/mol. The van der Waals surface area contributed by atoms with Gasteiger partial charge in [0.25, 0.3) is 0 Å². The van der Waals surface area contributed by atoms with Crippen molar-refractivity contribution in [3.63, 3.8) is 0 Å². The maximum absolute atomic E-state index is 12.9. The first-order chi connectivity index (χ1) is 9.65. The normalized spacial score (nSPS) is 11.6. The molecule has 0 aliphatic rings. The molecule has 6 nitrogen and oxygen atoms in total. The molecule has 0 saturated heterocycles. The monoisotopic (exact) mass is 305 g/mol. The summed E-state index contributed by atoms with van der Waals surface area (Å²) in [6.07, 6.45) is -4.67. The number of aromatic nitrogens is 2. The van der Waals surface area contributed by atoms with Crippen molar-refractivity contribution in [3.05, 3.63) is 11.9 Å². The van der Waals surface area contributed by atoms with Crippen LogP contribution in [0.1, 0.15) is 26.6 Å². The van der Waals surface area contributed by atoms with E-state index in [4.69, 9.17) is 5.73 Å². The van der Waals surface area contributed by atoms with Crippen LogP contribution in [-0.2, 0) is 11.0 Å². The van der Waals surface area contributed by atoms with Crippen LogP contribution in [0.2, 0.25) is 0 Å². The maximum Gasteiger partial charge on any atom is 0.451 e. The third-order valence-corrected chi connectivity index (χ3v) is 2.57. The van der Waals surface area contributed by atoms with Crippen LogP contribution in [0.3, 0.4) is 0 Å². The molecule has 1 rings (SSSR count). The standard InChI is InChI=1S/C12H18F3N5O/c1-4-17-9-5-10(19-11(18-9)12(13,14)15)20(7(2)3)6-8(16)21/h5,7H,4,6H2,1-3H3,(H2,16,21)(H,17,18,19). The van der Waals surface area contributed by atoms with E-state index in [1.807, 2.05) is 0 Å². The van der Waals surface area contributed by atoms with Gasteiger partial charge >= 0.3 is 6.18 Å². The molecule has 0 saturated carbocycles. The quantitative estimate of drug-likeness (QED) is 0.834. The molecule has 0 spiro atoms. The Hall–Kier alpha value is -2.06. The van der Waals surface area contributed by atoms with E-state index in [1.54, 1.807) is 20.8 Å². The van der Waals surface area contributed by atoms with Gasteiger partial charge in [-0.3, -0.25) is 4.79 Å². The van der Waals surface area contributed by atoms with E-state index in [0.717, 1.165) is 0 Å². The number of alkyl halides is 3. The van der Waals surface area contributed by atoms with Gasteiger partial charge < -0.3 is 16.0 Å². The third kappa shape index (κ3) is 4.76. The van der Waals surface area contributed by atoms with Crippen LogP contribution >= 0.6 is 0 Å². The first-order valence-electron chi connectivity index (χ1n) is 6.40. The molecule has 0 atom stereocenters. The second-order valence-electron chi connectivity index (χ2n) is 4.65. The largest absolute Gasteiger partial charge is 0.451 e. The summed E-state index contributed by atoms with van der Waals surface area (Å²) in [6, 6.07) is 1.12. The lowest BCUT2D eigenvalue weighted by atomic mass is 10.3. The van der Waals surface area contributed by atoms with Crippen molar-refractivity contribution in [2.24, 2.45) is 5.73 Å². The number of amides is 1. The number of nitrogens with two attached hydrogens (primary N) is 1. The number of halogens is 3. The van der Waals surface area contributed by atoms with Gasteiger partial charge in [0.2, 0.25) is 11.7 Å². The van der Waals surface area contributed by atoms with Crippen molar-refractivity contribution < 1.29 is 18.0 Å². The fourth-order valence-corrected chi connectivity index (χ4v) is 1.68. The van der Waals surface area contributed by atoms with Crippen molar-refractivity contribution >= 4 is 17.5 Å². The molecule has 21 heavy (non-hydrogen) atoms. The Labute approximate surface area is 120 Å². The fraction of sp³-hybridized carbons (Fsp3) is 0.583. The van der Waals surface area contributed by atoms with Crippen molar-refractivity contribution in [1.29, 1.82) is 0 Å². The molecule has 0 bridgehead atoms. The summed E-state index contributed by atoms with van der Waals surface area (Å²) in [5, 5.41) is 2.71. The van der Waals surface area contributed by atoms with E-state index in [-0.39, 0.29) is 24.2 Å². The highest BCUT2D eigenvalue weighted by Crippen LogP contribution is 2.29. The molecule has 9 heteroatoms. The summed E-state index contributed by atoms with van der Waals surface area (Å²) < 4.78 is 38.6. The van der Waals surface area contributed by atoms with E-state index in [9.17, 15) is 18.0 Å². The van der Waals surface area contributed by atoms with Crippen LogP contribution in [0.5, 0.6) is 0 Å². The van der Waals surface area contributed by atoms with Crippen LogP contribution in [0, 0.1) is 0 Å². The highest BCUT2D eigenvalue weighted by molar-refractivity contribution is 5.79. The Bertz CT molecular complexity index is 504. The van der Waals surface area contributed by atoms with Crippen LogP contribution in [0.4, 0.5) is 24.8 Å². The topological polar surface area (TPSA) is 84.1 Å². The molecule has 1 amide bonds. The van der Waals surface area contributed by atoms with Gasteiger partial charge in [-0.05, 0) is 20.8 Å². The molecule has 1 aromatic heterocycles. The predicted octanol–water partition coefficient (Wildman–Crippen LogP) is 1.63. The van der Waals surface area contributed by atoms with Gasteiger partial charge in [-0.1, -0.05) is 0 Å². The number of rotatable bonds is 6. The molecule has 0 aliphatic heterocycles. The minimum absolute atomic E-state index is 0.00192. The van der Waals surface area contributed by atoms with E-state index in [0.29, 0.717) is 6.54 Å². The average molecular weight is 305 g/mol. The average Bonchev–Trinajstić information content (AvgIpc) is 2.34. The zero-order valence-corrected chi connectivity index (χ0v) is 12.0. The fourth-order valence-electron chi connectivity index (χ4n) is 1.68. The zero-order valence-electron chi connectivity index (χ0n) is 12.0. The highest BCUT2D eigenvalue weighted by atomic mass is 19.4. The van der Waals surface area contributed by atoms with E-state index in [1.165, 1.54) is 11.0 Å². The summed E-state index contributed by atoms with van der Waals surface area (Å²) in [7, 11) is 0. The maximum atomic E-state index is 12.9. The van der Waals surface area contributed by atoms with Crippen LogP contribution in [0.25, 0.3) is 0 Å². The summed E-state index contributed by atoms with van der Waals surface area (Å²) in [5.74, 6) is -1.86. The van der Waals surface area contributed by atoms with Gasteiger partial charge in [-0.2, -0.15) is 13.2 Å². The Morgan fingerprint density at radius 2 is 2.05 bits per heavy atom. The molecule has 1 aromatic rings. The second-order valence-corrected chi connectivity index (χ2v) is 4.65. The minimum Gasteiger partial charge on any atom is -0.370 e. The molecule has 118 valence electrons. The van der Waals surface area contributed by atoms with E-state index >= 15 is 0 Å². The lowest BCUT2D eigenvalue weighted by Crippen LogP contribution is -2.39. The Kier molecular flexibility index (Phi) is 5.34. The Morgan fingerprint density at radius 3 is 2.48 bits per heavy atom. The van der Waals surface area contributed by atoms with Gasteiger partial charge in [0.15, 0.2) is 0 Å². The third-order valence-electron chi connectivity index (χ3n) is 2.57. The van der Waals surface area contributed by atoms with Crippen molar-refractivity contribution in [2.45, 2.75) is 33.0 Å². The number of anilines is 2. The Balaban J connectivity index is 3.31. The minimum atomic E-state index is -4.67. The molecule has 0 fully saturated rings. The van der Waals surface area contributed by atoms with Crippen molar-refractivity contribution in [2.75, 3.05) is 23.3 Å². The van der Waals surface area contributed by atoms with Crippen molar-refractivity contribution in [1.82, 2.24) is 9.97 Å². The van der Waals surface area contributed by atoms with E-state index < -0.39 is 17.9 Å². The smallest absolute Gasteiger partial charge is 0.370 e. The summed E-state index contributed by atoms with van der Waals surface area (Å²) in [5.41, 5.74) is 5.13. The lowest BCUT2D eigenvalue weighted by molar-refractivity contribution is -0.144. The summed E-state index contributed by atoms with van der Waals surface area (Å²) in [6.45, 7) is 5.37. The summed E-state index contributed by atoms with van der Waals surface area (Å²) >= 11 is 0. The van der Waals surface area contributed by atoms with Gasteiger partial charge in [-0.25, -0.2) is 9.97 Å². The number of carbonyl (C=O) groups is 1. The number of carbonyl (C=O) groups excluding carboxylic acids is 1. The van der Waals surface area contributed by atoms with E-state index in [2.05, 4.69) is 15.3 Å². The zero-order chi connectivity index (χ0) is 16.2. The van der Waals surface area contributed by atoms with Crippen molar-refractivity contribution in [3.8, 4) is 0 Å². The van der Waals surface area contributed by atoms with Crippen LogP contribution in [0.15, 0.2) is 6.07 Å². The summed E-state index contributed by atoms with van der Waals surface area (Å²) in [4.78, 5) is 19.4. The number of primary amides is 1. The molecule has 0 radical (unpaired) electrons. The number of nitrogens with one attached hydrogen (secondary N) is 1. The molecule has 0 aromatic carbocycles. The van der Waals surface area contributed by atoms with Gasteiger partial charge in [-0.15, -0.1) is 0 Å². The molecule has 0 unspecified atom stereocenters. The predicted molar refractivity (Wildman–Crippen MR) is 72.9 cm³/mol.